The fourth-order valence-electron chi connectivity index (χ4n) is 1.74. The maximum Gasteiger partial charge on any atom is 0.416 e. The summed E-state index contributed by atoms with van der Waals surface area (Å²) in [4.78, 5) is 10.4. The number of benzene rings is 1. The second-order valence-electron chi connectivity index (χ2n) is 4.25. The van der Waals surface area contributed by atoms with Crippen LogP contribution in [0, 0.1) is 0 Å². The van der Waals surface area contributed by atoms with Gasteiger partial charge in [0.1, 0.15) is 0 Å². The van der Waals surface area contributed by atoms with Crippen LogP contribution >= 0.6 is 0 Å². The van der Waals surface area contributed by atoms with E-state index >= 15 is 0 Å². The highest BCUT2D eigenvalue weighted by Gasteiger charge is 2.34. The van der Waals surface area contributed by atoms with Gasteiger partial charge in [0.15, 0.2) is 0 Å². The molecule has 106 valence electrons. The summed E-state index contributed by atoms with van der Waals surface area (Å²) in [6, 6.07) is 3.18. The minimum Gasteiger partial charge on any atom is -0.480 e. The number of carboxylic acids is 1. The van der Waals surface area contributed by atoms with Crippen molar-refractivity contribution in [3.63, 3.8) is 0 Å². The van der Waals surface area contributed by atoms with Crippen molar-refractivity contribution in [3.8, 4) is 0 Å². The van der Waals surface area contributed by atoms with Crippen LogP contribution in [0.3, 0.4) is 0 Å². The topological polar surface area (TPSA) is 75.3 Å². The van der Waals surface area contributed by atoms with Crippen LogP contribution in [-0.2, 0) is 17.4 Å². The number of aliphatic carboxylic acids is 1. The van der Waals surface area contributed by atoms with Crippen molar-refractivity contribution in [1.29, 1.82) is 0 Å². The van der Waals surface area contributed by atoms with Crippen LogP contribution in [0.1, 0.15) is 18.1 Å². The molecule has 1 unspecified atom stereocenters. The van der Waals surface area contributed by atoms with E-state index in [0.717, 1.165) is 6.07 Å². The Morgan fingerprint density at radius 1 is 1.47 bits per heavy atom. The van der Waals surface area contributed by atoms with Gasteiger partial charge in [-0.25, -0.2) is 0 Å². The molecule has 1 aromatic carbocycles. The van der Waals surface area contributed by atoms with Crippen LogP contribution in [0.25, 0.3) is 0 Å². The Bertz CT molecular complexity index is 461. The number of nitrogens with one attached hydrogen (secondary N) is 1. The third kappa shape index (κ3) is 4.44. The molecule has 0 radical (unpaired) electrons. The number of nitrogens with two attached hydrogens (primary N) is 1. The molecule has 0 bridgehead atoms. The highest BCUT2D eigenvalue weighted by molar-refractivity contribution is 5.69. The van der Waals surface area contributed by atoms with E-state index < -0.39 is 23.8 Å². The smallest absolute Gasteiger partial charge is 0.416 e. The summed E-state index contributed by atoms with van der Waals surface area (Å²) < 4.78 is 38.5. The average Bonchev–Trinajstić information content (AvgIpc) is 2.27. The zero-order valence-corrected chi connectivity index (χ0v) is 10.3. The highest BCUT2D eigenvalue weighted by Crippen LogP contribution is 2.34. The molecular weight excluding hydrogens is 261 g/mol. The molecule has 0 spiro atoms. The van der Waals surface area contributed by atoms with Crippen LogP contribution in [0.5, 0.6) is 0 Å². The normalized spacial score (nSPS) is 13.3. The lowest BCUT2D eigenvalue weighted by molar-refractivity contribution is -0.138. The van der Waals surface area contributed by atoms with E-state index in [4.69, 9.17) is 10.8 Å². The van der Waals surface area contributed by atoms with Crippen molar-refractivity contribution in [1.82, 2.24) is 5.32 Å². The van der Waals surface area contributed by atoms with Crippen molar-refractivity contribution < 1.29 is 23.1 Å². The van der Waals surface area contributed by atoms with Gasteiger partial charge in [-0.15, -0.1) is 0 Å². The van der Waals surface area contributed by atoms with Crippen LogP contribution in [0.4, 0.5) is 18.9 Å². The monoisotopic (exact) mass is 276 g/mol. The molecule has 1 aromatic rings. The molecule has 1 rings (SSSR count). The molecule has 0 saturated carbocycles. The number of nitrogen functional groups attached to an aromatic ring is 1. The summed E-state index contributed by atoms with van der Waals surface area (Å²) in [6.45, 7) is 1.30. The summed E-state index contributed by atoms with van der Waals surface area (Å²) in [6.07, 6.45) is -4.47. The molecule has 0 saturated heterocycles. The van der Waals surface area contributed by atoms with Gasteiger partial charge in [-0.1, -0.05) is 6.07 Å². The summed E-state index contributed by atoms with van der Waals surface area (Å²) in [7, 11) is 0. The Morgan fingerprint density at radius 3 is 2.63 bits per heavy atom. The molecule has 0 fully saturated rings. The number of hydrogen-bond donors (Lipinski definition) is 3. The van der Waals surface area contributed by atoms with Crippen molar-refractivity contribution in [3.05, 3.63) is 29.3 Å². The van der Waals surface area contributed by atoms with E-state index in [-0.39, 0.29) is 24.2 Å². The first-order valence-electron chi connectivity index (χ1n) is 5.61. The average molecular weight is 276 g/mol. The van der Waals surface area contributed by atoms with E-state index in [2.05, 4.69) is 5.32 Å². The Labute approximate surface area is 108 Å². The second kappa shape index (κ2) is 5.92. The second-order valence-corrected chi connectivity index (χ2v) is 4.25. The van der Waals surface area contributed by atoms with Crippen LogP contribution in [0.2, 0.25) is 0 Å². The molecule has 0 amide bonds. The van der Waals surface area contributed by atoms with Gasteiger partial charge in [0.2, 0.25) is 0 Å². The van der Waals surface area contributed by atoms with Gasteiger partial charge in [-0.05, 0) is 31.0 Å². The Hall–Kier alpha value is -1.76. The van der Waals surface area contributed by atoms with Gasteiger partial charge in [-0.3, -0.25) is 4.79 Å². The quantitative estimate of drug-likeness (QED) is 0.718. The van der Waals surface area contributed by atoms with E-state index in [1.54, 1.807) is 6.92 Å². The number of hydrogen-bond acceptors (Lipinski definition) is 3. The predicted molar refractivity (Wildman–Crippen MR) is 64.7 cm³/mol. The van der Waals surface area contributed by atoms with Gasteiger partial charge in [-0.2, -0.15) is 13.2 Å². The van der Waals surface area contributed by atoms with Gasteiger partial charge in [0.05, 0.1) is 12.1 Å². The molecule has 19 heavy (non-hydrogen) atoms. The van der Waals surface area contributed by atoms with Crippen molar-refractivity contribution in [2.45, 2.75) is 25.6 Å². The summed E-state index contributed by atoms with van der Waals surface area (Å²) >= 11 is 0. The van der Waals surface area contributed by atoms with Crippen LogP contribution < -0.4 is 11.1 Å². The standard InChI is InChI=1S/C12H15F3N2O2/c1-7(17-6-11(18)19)5-8-9(12(13,14)15)3-2-4-10(8)16/h2-4,7,17H,5-6,16H2,1H3,(H,18,19). The van der Waals surface area contributed by atoms with Gasteiger partial charge in [0, 0.05) is 11.7 Å². The van der Waals surface area contributed by atoms with Gasteiger partial charge in [0.25, 0.3) is 0 Å². The van der Waals surface area contributed by atoms with E-state index in [9.17, 15) is 18.0 Å². The Balaban J connectivity index is 2.91. The number of halogens is 3. The van der Waals surface area contributed by atoms with Gasteiger partial charge < -0.3 is 16.2 Å². The third-order valence-corrected chi connectivity index (χ3v) is 2.63. The molecule has 1 atom stereocenters. The van der Waals surface area contributed by atoms with Crippen LogP contribution in [0.15, 0.2) is 18.2 Å². The lowest BCUT2D eigenvalue weighted by Gasteiger charge is -2.18. The van der Waals surface area contributed by atoms with Crippen LogP contribution in [-0.4, -0.2) is 23.7 Å². The summed E-state index contributed by atoms with van der Waals surface area (Å²) in [5.41, 5.74) is 4.84. The number of carboxylic acid groups (broad SMARTS) is 1. The minimum atomic E-state index is -4.47. The predicted octanol–water partition coefficient (Wildman–Crippen LogP) is 1.89. The molecule has 0 aliphatic rings. The minimum absolute atomic E-state index is 0.00873. The third-order valence-electron chi connectivity index (χ3n) is 2.63. The number of anilines is 1. The maximum absolute atomic E-state index is 12.8. The Kier molecular flexibility index (Phi) is 4.77. The molecule has 0 aliphatic heterocycles. The summed E-state index contributed by atoms with van der Waals surface area (Å²) in [5.74, 6) is -1.07. The zero-order chi connectivity index (χ0) is 14.6. The molecule has 4 nitrogen and oxygen atoms in total. The molecule has 0 aromatic heterocycles. The Morgan fingerprint density at radius 2 is 2.11 bits per heavy atom. The number of alkyl halides is 3. The maximum atomic E-state index is 12.8. The fraction of sp³-hybridized carbons (Fsp3) is 0.417. The summed E-state index contributed by atoms with van der Waals surface area (Å²) in [5, 5.41) is 11.1. The first-order valence-corrected chi connectivity index (χ1v) is 5.61. The zero-order valence-electron chi connectivity index (χ0n) is 10.3. The van der Waals surface area contributed by atoms with Crippen molar-refractivity contribution >= 4 is 11.7 Å². The molecule has 7 heteroatoms. The van der Waals surface area contributed by atoms with E-state index in [0.29, 0.717) is 0 Å². The largest absolute Gasteiger partial charge is 0.480 e. The highest BCUT2D eigenvalue weighted by atomic mass is 19.4. The molecule has 0 aliphatic carbocycles. The first-order chi connectivity index (χ1) is 8.71. The fourth-order valence-corrected chi connectivity index (χ4v) is 1.74. The lowest BCUT2D eigenvalue weighted by atomic mass is 9.98. The lowest BCUT2D eigenvalue weighted by Crippen LogP contribution is -2.33. The van der Waals surface area contributed by atoms with E-state index in [1.807, 2.05) is 0 Å². The first kappa shape index (κ1) is 15.3. The van der Waals surface area contributed by atoms with Gasteiger partial charge >= 0.3 is 12.1 Å². The number of carbonyl (C=O) groups is 1. The molecule has 4 N–H and O–H groups in total. The number of rotatable bonds is 5. The van der Waals surface area contributed by atoms with Crippen molar-refractivity contribution in [2.24, 2.45) is 0 Å². The van der Waals surface area contributed by atoms with E-state index in [1.165, 1.54) is 12.1 Å². The molecule has 0 heterocycles. The van der Waals surface area contributed by atoms with Crippen molar-refractivity contribution in [2.75, 3.05) is 12.3 Å². The molecular formula is C12H15F3N2O2. The SMILES string of the molecule is CC(Cc1c(N)cccc1C(F)(F)F)NCC(=O)O.